The van der Waals surface area contributed by atoms with Gasteiger partial charge in [0.05, 0.1) is 36.0 Å². The number of imidazole rings is 2. The molecule has 10 heteroatoms. The van der Waals surface area contributed by atoms with Crippen molar-refractivity contribution in [2.75, 3.05) is 11.6 Å². The fraction of sp³-hybridized carbons (Fsp3) is 0.318. The molecule has 0 saturated heterocycles. The van der Waals surface area contributed by atoms with E-state index in [-0.39, 0.29) is 0 Å². The molecule has 4 rings (SSSR count). The van der Waals surface area contributed by atoms with Crippen molar-refractivity contribution in [3.63, 3.8) is 0 Å². The Morgan fingerprint density at radius 1 is 1.09 bits per heavy atom. The summed E-state index contributed by atoms with van der Waals surface area (Å²) in [5.74, 6) is 0.928. The molecule has 6 nitrogen and oxygen atoms in total. The first-order valence-corrected chi connectivity index (χ1v) is 16.0. The lowest BCUT2D eigenvalue weighted by Gasteiger charge is -2.13. The average Bonchev–Trinajstić information content (AvgIpc) is 3.38. The Morgan fingerprint density at radius 2 is 1.81 bits per heavy atom. The van der Waals surface area contributed by atoms with E-state index in [0.717, 1.165) is 44.5 Å². The van der Waals surface area contributed by atoms with Crippen LogP contribution in [0.4, 0.5) is 11.4 Å². The fourth-order valence-electron chi connectivity index (χ4n) is 3.06. The van der Waals surface area contributed by atoms with Gasteiger partial charge in [-0.15, -0.1) is 11.8 Å². The number of pyridine rings is 1. The number of aryl methyl sites for hydroxylation is 2. The summed E-state index contributed by atoms with van der Waals surface area (Å²) in [5.41, 5.74) is 5.69. The van der Waals surface area contributed by atoms with Gasteiger partial charge in [0.2, 0.25) is 0 Å². The maximum absolute atomic E-state index is 6.31. The number of thioether (sulfide) groups is 1. The van der Waals surface area contributed by atoms with Gasteiger partial charge in [-0.2, -0.15) is 0 Å². The van der Waals surface area contributed by atoms with Gasteiger partial charge in [-0.25, -0.2) is 15.0 Å². The maximum Gasteiger partial charge on any atom is 0.167 e. The topological polar surface area (TPSA) is 60.6 Å². The predicted molar refractivity (Wildman–Crippen MR) is 151 cm³/mol. The summed E-state index contributed by atoms with van der Waals surface area (Å²) >= 11 is 10.3. The molecule has 1 aromatic carbocycles. The minimum Gasteiger partial charge on any atom is -0.353 e. The lowest BCUT2D eigenvalue weighted by Crippen LogP contribution is -1.97. The van der Waals surface area contributed by atoms with E-state index in [1.807, 2.05) is 64.8 Å². The van der Waals surface area contributed by atoms with Gasteiger partial charge in [0.25, 0.3) is 0 Å². The number of hydrogen-bond donors (Lipinski definition) is 1. The van der Waals surface area contributed by atoms with Crippen LogP contribution < -0.4 is 5.32 Å². The van der Waals surface area contributed by atoms with Crippen molar-refractivity contribution in [3.05, 3.63) is 47.8 Å². The molecule has 0 aliphatic rings. The number of fused-ring (bicyclic) bond motifs is 1. The SMILES string of the molecule is CC.CC.CSc1cc(-c2cncn2C)ccc1Nc1cc(Cl)nc2c1nc(C)n2PI. The fourth-order valence-corrected chi connectivity index (χ4v) is 5.97. The summed E-state index contributed by atoms with van der Waals surface area (Å²) in [6, 6.07) is 8.17. The van der Waals surface area contributed by atoms with E-state index in [1.165, 1.54) is 0 Å². The standard InChI is InChI=1S/C18H17ClIN6PS.2C2H6/c1-10-22-17-13(7-16(19)24-18(17)26(10)27-20)23-12-5-4-11(6-15(12)28-3)14-8-21-9-25(14)2;2*1-2/h4-9,27H,1-3H3,(H,23,24);2*1-2H3. The van der Waals surface area contributed by atoms with E-state index in [0.29, 0.717) is 11.5 Å². The van der Waals surface area contributed by atoms with Crippen LogP contribution in [-0.2, 0) is 7.05 Å². The summed E-state index contributed by atoms with van der Waals surface area (Å²) < 4.78 is 4.09. The highest BCUT2D eigenvalue weighted by molar-refractivity contribution is 14.2. The quantitative estimate of drug-likeness (QED) is 0.108. The van der Waals surface area contributed by atoms with Crippen molar-refractivity contribution < 1.29 is 0 Å². The minimum absolute atomic E-state index is 0.447. The van der Waals surface area contributed by atoms with Crippen molar-refractivity contribution >= 4 is 74.3 Å². The number of halogens is 2. The number of nitrogens with zero attached hydrogens (tertiary/aromatic N) is 5. The van der Waals surface area contributed by atoms with E-state index >= 15 is 0 Å². The van der Waals surface area contributed by atoms with E-state index < -0.39 is 0 Å². The molecule has 0 saturated carbocycles. The first-order chi connectivity index (χ1) is 15.5. The molecule has 0 radical (unpaired) electrons. The number of rotatable bonds is 5. The molecule has 1 N–H and O–H groups in total. The molecule has 3 aromatic heterocycles. The second kappa shape index (κ2) is 12.8. The molecule has 0 aliphatic carbocycles. The van der Waals surface area contributed by atoms with Gasteiger partial charge in [0.15, 0.2) is 5.65 Å². The first-order valence-electron chi connectivity index (χ1n) is 10.4. The van der Waals surface area contributed by atoms with Gasteiger partial charge in [-0.05, 0) is 47.4 Å². The van der Waals surface area contributed by atoms with Crippen LogP contribution in [0.2, 0.25) is 5.15 Å². The lowest BCUT2D eigenvalue weighted by atomic mass is 10.1. The van der Waals surface area contributed by atoms with Gasteiger partial charge in [0, 0.05) is 23.6 Å². The van der Waals surface area contributed by atoms with Gasteiger partial charge in [-0.3, -0.25) is 4.34 Å². The molecule has 4 aromatic rings. The largest absolute Gasteiger partial charge is 0.353 e. The molecular formula is C22H29ClIN6PS. The molecule has 0 fully saturated rings. The van der Waals surface area contributed by atoms with E-state index in [1.54, 1.807) is 11.8 Å². The minimum atomic E-state index is 0.447. The summed E-state index contributed by atoms with van der Waals surface area (Å²) in [6.07, 6.45) is 6.26. The Bertz CT molecular complexity index is 1180. The third-order valence-electron chi connectivity index (χ3n) is 4.42. The first kappa shape index (κ1) is 26.9. The number of hydrogen-bond acceptors (Lipinski definition) is 5. The van der Waals surface area contributed by atoms with E-state index in [9.17, 15) is 0 Å². The van der Waals surface area contributed by atoms with E-state index in [2.05, 4.69) is 66.1 Å². The molecule has 32 heavy (non-hydrogen) atoms. The Balaban J connectivity index is 0.000000860. The Morgan fingerprint density at radius 3 is 2.41 bits per heavy atom. The normalized spacial score (nSPS) is 10.7. The van der Waals surface area contributed by atoms with Gasteiger partial charge in [0.1, 0.15) is 16.5 Å². The molecule has 0 bridgehead atoms. The van der Waals surface area contributed by atoms with Crippen molar-refractivity contribution in [1.82, 2.24) is 23.9 Å². The van der Waals surface area contributed by atoms with Crippen LogP contribution in [-0.4, -0.2) is 30.1 Å². The smallest absolute Gasteiger partial charge is 0.167 e. The number of anilines is 2. The maximum atomic E-state index is 6.31. The molecule has 0 aliphatic heterocycles. The van der Waals surface area contributed by atoms with Crippen LogP contribution in [0.15, 0.2) is 41.7 Å². The molecule has 0 amide bonds. The summed E-state index contributed by atoms with van der Waals surface area (Å²) in [7, 11) is 2.00. The predicted octanol–water partition coefficient (Wildman–Crippen LogP) is 8.10. The Hall–Kier alpha value is -1.35. The average molecular weight is 603 g/mol. The highest BCUT2D eigenvalue weighted by Gasteiger charge is 2.15. The second-order valence-electron chi connectivity index (χ2n) is 6.17. The Kier molecular flexibility index (Phi) is 10.7. The molecule has 1 atom stereocenters. The highest BCUT2D eigenvalue weighted by Crippen LogP contribution is 2.37. The van der Waals surface area contributed by atoms with Crippen LogP contribution in [0.3, 0.4) is 0 Å². The van der Waals surface area contributed by atoms with E-state index in [4.69, 9.17) is 16.6 Å². The van der Waals surface area contributed by atoms with Crippen LogP contribution in [0.5, 0.6) is 0 Å². The monoisotopic (exact) mass is 602 g/mol. The highest BCUT2D eigenvalue weighted by atomic mass is 127. The third-order valence-corrected chi connectivity index (χ3v) is 7.54. The Labute approximate surface area is 214 Å². The summed E-state index contributed by atoms with van der Waals surface area (Å²) in [4.78, 5) is 14.5. The zero-order valence-electron chi connectivity index (χ0n) is 19.4. The van der Waals surface area contributed by atoms with Crippen molar-refractivity contribution in [3.8, 4) is 11.3 Å². The summed E-state index contributed by atoms with van der Waals surface area (Å²) in [5, 5.41) is 3.96. The molecule has 172 valence electrons. The molecule has 0 spiro atoms. The van der Waals surface area contributed by atoms with Crippen LogP contribution >= 0.6 is 51.8 Å². The number of nitrogens with one attached hydrogen (secondary N) is 1. The number of aromatic nitrogens is 5. The lowest BCUT2D eigenvalue weighted by molar-refractivity contribution is 0.921. The van der Waals surface area contributed by atoms with Crippen molar-refractivity contribution in [1.29, 1.82) is 0 Å². The molecular weight excluding hydrogens is 574 g/mol. The second-order valence-corrected chi connectivity index (χ2v) is 9.47. The zero-order chi connectivity index (χ0) is 23.8. The van der Waals surface area contributed by atoms with Gasteiger partial charge >= 0.3 is 0 Å². The van der Waals surface area contributed by atoms with Crippen LogP contribution in [0.25, 0.3) is 22.4 Å². The van der Waals surface area contributed by atoms with Crippen LogP contribution in [0, 0.1) is 6.92 Å². The third kappa shape index (κ3) is 5.76. The summed E-state index contributed by atoms with van der Waals surface area (Å²) in [6.45, 7) is 9.99. The zero-order valence-corrected chi connectivity index (χ0v) is 24.1. The number of benzene rings is 1. The molecule has 3 heterocycles. The van der Waals surface area contributed by atoms with Gasteiger partial charge in [-0.1, -0.05) is 45.4 Å². The van der Waals surface area contributed by atoms with Crippen molar-refractivity contribution in [2.45, 2.75) is 39.5 Å². The van der Waals surface area contributed by atoms with Gasteiger partial charge < -0.3 is 9.88 Å². The van der Waals surface area contributed by atoms with Crippen LogP contribution in [0.1, 0.15) is 33.5 Å². The van der Waals surface area contributed by atoms with Crippen molar-refractivity contribution in [2.24, 2.45) is 7.05 Å². The molecule has 1 unspecified atom stereocenters.